The van der Waals surface area contributed by atoms with E-state index in [0.29, 0.717) is 17.5 Å². The summed E-state index contributed by atoms with van der Waals surface area (Å²) in [5.41, 5.74) is 9.64. The third-order valence-electron chi connectivity index (χ3n) is 10.4. The zero-order valence-electron chi connectivity index (χ0n) is 28.9. The van der Waals surface area contributed by atoms with E-state index in [1.807, 2.05) is 24.3 Å². The number of benzene rings is 7. The fourth-order valence-electron chi connectivity index (χ4n) is 7.83. The van der Waals surface area contributed by atoms with Gasteiger partial charge in [0.15, 0.2) is 23.1 Å². The maximum atomic E-state index is 6.24. The fraction of sp³-hybridized carbons (Fsp3) is 0. The summed E-state index contributed by atoms with van der Waals surface area (Å²) in [6, 6.07) is 57.0. The maximum absolute atomic E-state index is 6.24. The molecule has 6 nitrogen and oxygen atoms in total. The number of hydrogen-bond acceptors (Lipinski definition) is 5. The SMILES string of the molecule is c1ccc(-n2c3ccccc3c3ccccc32)c(-c2nc(-c3ccc(-c4ccc5ccccc5c4)cc3)nc(-c3cccc4oc5cnccc5c34)n2)c1. The smallest absolute Gasteiger partial charge is 0.166 e. The van der Waals surface area contributed by atoms with Crippen molar-refractivity contribution >= 4 is 54.5 Å². The van der Waals surface area contributed by atoms with Crippen LogP contribution in [0, 0.1) is 0 Å². The molecule has 0 unspecified atom stereocenters. The molecule has 0 saturated heterocycles. The molecule has 0 atom stereocenters. The monoisotopic (exact) mass is 691 g/mol. The number of rotatable bonds is 5. The van der Waals surface area contributed by atoms with Gasteiger partial charge in [-0.1, -0.05) is 121 Å². The fourth-order valence-corrected chi connectivity index (χ4v) is 7.83. The molecule has 0 N–H and O–H groups in total. The maximum Gasteiger partial charge on any atom is 0.166 e. The molecule has 252 valence electrons. The predicted octanol–water partition coefficient (Wildman–Crippen LogP) is 12.1. The van der Waals surface area contributed by atoms with Crippen molar-refractivity contribution in [2.75, 3.05) is 0 Å². The molecule has 6 heteroatoms. The Hall–Kier alpha value is -7.44. The molecular formula is C48H29N5O. The van der Waals surface area contributed by atoms with Crippen molar-refractivity contribution in [3.63, 3.8) is 0 Å². The highest BCUT2D eigenvalue weighted by Gasteiger charge is 2.21. The highest BCUT2D eigenvalue weighted by Crippen LogP contribution is 2.39. The third-order valence-corrected chi connectivity index (χ3v) is 10.4. The minimum absolute atomic E-state index is 0.566. The normalized spacial score (nSPS) is 11.7. The summed E-state index contributed by atoms with van der Waals surface area (Å²) in [4.78, 5) is 20.0. The molecule has 11 aromatic rings. The zero-order chi connectivity index (χ0) is 35.6. The van der Waals surface area contributed by atoms with Gasteiger partial charge in [-0.2, -0.15) is 0 Å². The second-order valence-electron chi connectivity index (χ2n) is 13.5. The molecular weight excluding hydrogens is 663 g/mol. The van der Waals surface area contributed by atoms with Crippen LogP contribution in [-0.4, -0.2) is 24.5 Å². The van der Waals surface area contributed by atoms with Crippen molar-refractivity contribution < 1.29 is 4.42 Å². The van der Waals surface area contributed by atoms with Gasteiger partial charge in [0.05, 0.1) is 22.9 Å². The topological polar surface area (TPSA) is 69.6 Å². The van der Waals surface area contributed by atoms with Crippen molar-refractivity contribution in [1.82, 2.24) is 24.5 Å². The lowest BCUT2D eigenvalue weighted by Gasteiger charge is -2.15. The molecule has 0 amide bonds. The summed E-state index contributed by atoms with van der Waals surface area (Å²) in [7, 11) is 0. The number of hydrogen-bond donors (Lipinski definition) is 0. The summed E-state index contributed by atoms with van der Waals surface area (Å²) in [6.45, 7) is 0. The summed E-state index contributed by atoms with van der Waals surface area (Å²) in [5.74, 6) is 1.73. The van der Waals surface area contributed by atoms with Crippen molar-refractivity contribution in [1.29, 1.82) is 0 Å². The van der Waals surface area contributed by atoms with Crippen LogP contribution in [-0.2, 0) is 0 Å². The van der Waals surface area contributed by atoms with Crippen LogP contribution in [0.25, 0.3) is 105 Å². The molecule has 0 spiro atoms. The molecule has 11 rings (SSSR count). The van der Waals surface area contributed by atoms with E-state index in [1.54, 1.807) is 12.4 Å². The average molecular weight is 692 g/mol. The van der Waals surface area contributed by atoms with E-state index in [2.05, 4.69) is 149 Å². The average Bonchev–Trinajstić information content (AvgIpc) is 3.79. The van der Waals surface area contributed by atoms with Crippen LogP contribution in [0.4, 0.5) is 0 Å². The molecule has 0 saturated carbocycles. The Kier molecular flexibility index (Phi) is 6.75. The van der Waals surface area contributed by atoms with Gasteiger partial charge in [-0.25, -0.2) is 15.0 Å². The van der Waals surface area contributed by atoms with Gasteiger partial charge in [0.1, 0.15) is 5.58 Å². The number of fused-ring (bicyclic) bond motifs is 7. The third kappa shape index (κ3) is 4.81. The summed E-state index contributed by atoms with van der Waals surface area (Å²) < 4.78 is 8.56. The van der Waals surface area contributed by atoms with Gasteiger partial charge in [-0.15, -0.1) is 0 Å². The molecule has 0 bridgehead atoms. The first-order chi connectivity index (χ1) is 26.8. The van der Waals surface area contributed by atoms with E-state index in [0.717, 1.165) is 66.5 Å². The van der Waals surface area contributed by atoms with Gasteiger partial charge in [0.2, 0.25) is 0 Å². The molecule has 0 fully saturated rings. The van der Waals surface area contributed by atoms with E-state index >= 15 is 0 Å². The molecule has 0 aliphatic heterocycles. The highest BCUT2D eigenvalue weighted by atomic mass is 16.3. The standard InChI is InChI=1S/C48H29N5O/c1-2-11-33-28-34(25-22-30(33)10-1)31-20-23-32(24-21-31)46-50-47(52-48(51-46)39-15-9-19-43-45(39)38-26-27-49-29-44(38)54-43)37-14-5-8-18-42(37)53-40-16-6-3-12-35(40)36-13-4-7-17-41(36)53/h1-29H. The first-order valence-electron chi connectivity index (χ1n) is 18.0. The van der Waals surface area contributed by atoms with Crippen LogP contribution in [0.1, 0.15) is 0 Å². The Balaban J connectivity index is 1.13. The first-order valence-corrected chi connectivity index (χ1v) is 18.0. The summed E-state index contributed by atoms with van der Waals surface area (Å²) in [6.07, 6.45) is 3.54. The second kappa shape index (κ2) is 12.1. The highest BCUT2D eigenvalue weighted by molar-refractivity contribution is 6.12. The molecule has 54 heavy (non-hydrogen) atoms. The Morgan fingerprint density at radius 3 is 1.87 bits per heavy atom. The van der Waals surface area contributed by atoms with Crippen LogP contribution >= 0.6 is 0 Å². The van der Waals surface area contributed by atoms with Gasteiger partial charge in [0.25, 0.3) is 0 Å². The summed E-state index contributed by atoms with van der Waals surface area (Å²) >= 11 is 0. The Bertz CT molecular complexity index is 3180. The Morgan fingerprint density at radius 1 is 0.426 bits per heavy atom. The van der Waals surface area contributed by atoms with Gasteiger partial charge in [-0.3, -0.25) is 4.98 Å². The van der Waals surface area contributed by atoms with Gasteiger partial charge in [-0.05, 0) is 64.4 Å². The van der Waals surface area contributed by atoms with E-state index in [-0.39, 0.29) is 0 Å². The zero-order valence-corrected chi connectivity index (χ0v) is 28.9. The molecule has 0 aliphatic carbocycles. The Labute approximate surface area is 309 Å². The molecule has 7 aromatic carbocycles. The lowest BCUT2D eigenvalue weighted by molar-refractivity contribution is 0.667. The number of pyridine rings is 1. The van der Waals surface area contributed by atoms with Gasteiger partial charge < -0.3 is 8.98 Å². The molecule has 0 radical (unpaired) electrons. The van der Waals surface area contributed by atoms with Gasteiger partial charge in [0, 0.05) is 44.4 Å². The van der Waals surface area contributed by atoms with E-state index < -0.39 is 0 Å². The van der Waals surface area contributed by atoms with Crippen molar-refractivity contribution in [3.05, 3.63) is 176 Å². The first kappa shape index (κ1) is 30.2. The van der Waals surface area contributed by atoms with Crippen LogP contribution in [0.2, 0.25) is 0 Å². The van der Waals surface area contributed by atoms with Crippen molar-refractivity contribution in [2.45, 2.75) is 0 Å². The van der Waals surface area contributed by atoms with Crippen molar-refractivity contribution in [3.8, 4) is 51.0 Å². The summed E-state index contributed by atoms with van der Waals surface area (Å²) in [5, 5.41) is 6.73. The second-order valence-corrected chi connectivity index (χ2v) is 13.5. The minimum atomic E-state index is 0.566. The number of para-hydroxylation sites is 3. The molecule has 4 heterocycles. The van der Waals surface area contributed by atoms with E-state index in [9.17, 15) is 0 Å². The van der Waals surface area contributed by atoms with Crippen LogP contribution in [0.5, 0.6) is 0 Å². The van der Waals surface area contributed by atoms with Crippen molar-refractivity contribution in [2.24, 2.45) is 0 Å². The quantitative estimate of drug-likeness (QED) is 0.180. The number of furan rings is 1. The largest absolute Gasteiger partial charge is 0.454 e. The lowest BCUT2D eigenvalue weighted by Crippen LogP contribution is -2.03. The van der Waals surface area contributed by atoms with Gasteiger partial charge >= 0.3 is 0 Å². The van der Waals surface area contributed by atoms with E-state index in [1.165, 1.54) is 21.5 Å². The number of aromatic nitrogens is 5. The minimum Gasteiger partial charge on any atom is -0.454 e. The van der Waals surface area contributed by atoms with Crippen LogP contribution in [0.15, 0.2) is 181 Å². The molecule has 4 aromatic heterocycles. The van der Waals surface area contributed by atoms with Crippen LogP contribution in [0.3, 0.4) is 0 Å². The van der Waals surface area contributed by atoms with Crippen LogP contribution < -0.4 is 0 Å². The lowest BCUT2D eigenvalue weighted by atomic mass is 10.00. The number of nitrogens with zero attached hydrogens (tertiary/aromatic N) is 5. The van der Waals surface area contributed by atoms with E-state index in [4.69, 9.17) is 19.4 Å². The molecule has 0 aliphatic rings. The Morgan fingerprint density at radius 2 is 1.06 bits per heavy atom. The predicted molar refractivity (Wildman–Crippen MR) is 218 cm³/mol.